The quantitative estimate of drug-likeness (QED) is 0.409. The number of hydrogen-bond donors (Lipinski definition) is 2. The van der Waals surface area contributed by atoms with Gasteiger partial charge in [-0.2, -0.15) is 8.42 Å². The molecule has 0 rings (SSSR count). The van der Waals surface area contributed by atoms with Gasteiger partial charge in [-0.05, 0) is 0 Å². The monoisotopic (exact) mass is 284 g/mol. The van der Waals surface area contributed by atoms with Crippen LogP contribution in [-0.2, 0) is 14.9 Å². The maximum atomic E-state index is 9.62. The molecule has 12 heteroatoms. The largest absolute Gasteiger partial charge is 0.480 e. The Morgan fingerprint density at radius 1 is 0.929 bits per heavy atom. The third kappa shape index (κ3) is 44.5. The molecule has 0 aromatic rings. The van der Waals surface area contributed by atoms with E-state index in [0.717, 1.165) is 0 Å². The molecular formula is C2H4Mg6O5S. The first-order chi connectivity index (χ1) is 3.42. The van der Waals surface area contributed by atoms with Crippen molar-refractivity contribution in [3.8, 4) is 0 Å². The van der Waals surface area contributed by atoms with E-state index in [2.05, 4.69) is 0 Å². The summed E-state index contributed by atoms with van der Waals surface area (Å²) in [7, 11) is -4.32. The van der Waals surface area contributed by atoms with Gasteiger partial charge in [-0.15, -0.1) is 0 Å². The molecule has 0 unspecified atom stereocenters. The topological polar surface area (TPSA) is 91.7 Å². The van der Waals surface area contributed by atoms with Crippen molar-refractivity contribution in [1.29, 1.82) is 0 Å². The van der Waals surface area contributed by atoms with E-state index in [1.807, 2.05) is 0 Å². The third-order valence-corrected chi connectivity index (χ3v) is 0.918. The van der Waals surface area contributed by atoms with Crippen molar-refractivity contribution in [2.24, 2.45) is 0 Å². The molecule has 0 amide bonds. The van der Waals surface area contributed by atoms with Gasteiger partial charge >= 0.3 is 5.97 Å². The number of carbonyl (C=O) groups is 1. The van der Waals surface area contributed by atoms with Crippen LogP contribution in [0.5, 0.6) is 0 Å². The number of carboxylic acids is 1. The van der Waals surface area contributed by atoms with E-state index in [-0.39, 0.29) is 138 Å². The smallest absolute Gasteiger partial charge is 0.321 e. The maximum absolute atomic E-state index is 9.62. The second-order valence-corrected chi connectivity index (χ2v) is 2.57. The highest BCUT2D eigenvalue weighted by Gasteiger charge is 2.09. The summed E-state index contributed by atoms with van der Waals surface area (Å²) >= 11 is 0. The highest BCUT2D eigenvalue weighted by Crippen LogP contribution is 1.78. The average Bonchev–Trinajstić information content (AvgIpc) is 1.21. The predicted octanol–water partition coefficient (Wildman–Crippen LogP) is -3.33. The van der Waals surface area contributed by atoms with E-state index in [1.54, 1.807) is 0 Å². The Bertz CT molecular complexity index is 190. The Kier molecular flexibility index (Phi) is 68.1. The average molecular weight is 286 g/mol. The molecular weight excluding hydrogens is 282 g/mol. The summed E-state index contributed by atoms with van der Waals surface area (Å²) in [6.07, 6.45) is 0. The first-order valence-electron chi connectivity index (χ1n) is 1.59. The van der Waals surface area contributed by atoms with Crippen molar-refractivity contribution in [3.05, 3.63) is 0 Å². The van der Waals surface area contributed by atoms with Gasteiger partial charge in [0, 0.05) is 138 Å². The number of aliphatic carboxylic acids is 1. The number of carboxylic acid groups (broad SMARTS) is 1. The molecule has 60 valence electrons. The lowest BCUT2D eigenvalue weighted by atomic mass is 10.8. The molecule has 12 radical (unpaired) electrons. The summed E-state index contributed by atoms with van der Waals surface area (Å²) < 4.78 is 27.0. The van der Waals surface area contributed by atoms with E-state index in [1.165, 1.54) is 0 Å². The Morgan fingerprint density at radius 3 is 1.14 bits per heavy atom. The minimum Gasteiger partial charge on any atom is -0.480 e. The summed E-state index contributed by atoms with van der Waals surface area (Å²) in [5, 5.41) is 7.71. The third-order valence-electron chi connectivity index (χ3n) is 0.306. The molecule has 0 saturated carbocycles. The molecule has 0 aromatic heterocycles. The molecule has 0 bridgehead atoms. The van der Waals surface area contributed by atoms with Crippen molar-refractivity contribution in [3.63, 3.8) is 0 Å². The normalized spacial score (nSPS) is 6.36. The molecule has 5 nitrogen and oxygen atoms in total. The van der Waals surface area contributed by atoms with Crippen LogP contribution in [0.1, 0.15) is 0 Å². The molecule has 0 aliphatic carbocycles. The van der Waals surface area contributed by atoms with Gasteiger partial charge in [-0.25, -0.2) is 0 Å². The zero-order valence-electron chi connectivity index (χ0n) is 7.98. The summed E-state index contributed by atoms with van der Waals surface area (Å²) in [4.78, 5) is 9.48. The van der Waals surface area contributed by atoms with Gasteiger partial charge in [0.25, 0.3) is 10.1 Å². The number of hydrogen-bond acceptors (Lipinski definition) is 3. The highest BCUT2D eigenvalue weighted by atomic mass is 32.2. The lowest BCUT2D eigenvalue weighted by Gasteiger charge is -1.85. The molecule has 0 heterocycles. The lowest BCUT2D eigenvalue weighted by Crippen LogP contribution is -2.13. The Hall–Kier alpha value is 3.98. The van der Waals surface area contributed by atoms with Crippen LogP contribution < -0.4 is 0 Å². The van der Waals surface area contributed by atoms with E-state index in [0.29, 0.717) is 0 Å². The summed E-state index contributed by atoms with van der Waals surface area (Å²) in [5.41, 5.74) is 0. The Balaban J connectivity index is -0.0000000163. The molecule has 14 heavy (non-hydrogen) atoms. The van der Waals surface area contributed by atoms with Crippen LogP contribution in [0.4, 0.5) is 0 Å². The van der Waals surface area contributed by atoms with Crippen molar-refractivity contribution in [2.45, 2.75) is 0 Å². The molecule has 0 spiro atoms. The molecule has 0 saturated heterocycles. The fourth-order valence-electron chi connectivity index (χ4n) is 0.156. The fourth-order valence-corrected chi connectivity index (χ4v) is 0.468. The van der Waals surface area contributed by atoms with E-state index >= 15 is 0 Å². The minimum absolute atomic E-state index is 0. The second kappa shape index (κ2) is 22.2. The molecule has 0 aliphatic heterocycles. The predicted molar refractivity (Wildman–Crippen MR) is 58.6 cm³/mol. The molecule has 0 atom stereocenters. The van der Waals surface area contributed by atoms with Gasteiger partial charge in [0.05, 0.1) is 0 Å². The summed E-state index contributed by atoms with van der Waals surface area (Å²) in [5.74, 6) is -2.79. The van der Waals surface area contributed by atoms with Crippen molar-refractivity contribution in [2.75, 3.05) is 5.75 Å². The summed E-state index contributed by atoms with van der Waals surface area (Å²) in [6.45, 7) is 0. The summed E-state index contributed by atoms with van der Waals surface area (Å²) in [6, 6.07) is 0. The van der Waals surface area contributed by atoms with Crippen LogP contribution in [0, 0.1) is 0 Å². The number of rotatable bonds is 2. The van der Waals surface area contributed by atoms with Gasteiger partial charge in [-0.1, -0.05) is 0 Å². The van der Waals surface area contributed by atoms with E-state index < -0.39 is 21.8 Å². The van der Waals surface area contributed by atoms with Gasteiger partial charge < -0.3 is 5.11 Å². The SMILES string of the molecule is O=C(O)CS(=O)(=O)O.[Mg].[Mg].[Mg].[Mg].[Mg].[Mg]. The van der Waals surface area contributed by atoms with Crippen molar-refractivity contribution >= 4 is 154 Å². The first-order valence-corrected chi connectivity index (χ1v) is 3.20. The van der Waals surface area contributed by atoms with Crippen molar-refractivity contribution in [1.82, 2.24) is 0 Å². The van der Waals surface area contributed by atoms with Gasteiger partial charge in [0.1, 0.15) is 0 Å². The Labute approximate surface area is 179 Å². The van der Waals surface area contributed by atoms with Crippen LogP contribution in [0.15, 0.2) is 0 Å². The molecule has 0 fully saturated rings. The zero-order valence-corrected chi connectivity index (χ0v) is 17.3. The van der Waals surface area contributed by atoms with Crippen LogP contribution >= 0.6 is 0 Å². The lowest BCUT2D eigenvalue weighted by molar-refractivity contribution is -0.134. The van der Waals surface area contributed by atoms with Crippen LogP contribution in [0.25, 0.3) is 0 Å². The second-order valence-electron chi connectivity index (χ2n) is 1.12. The van der Waals surface area contributed by atoms with E-state index in [4.69, 9.17) is 9.66 Å². The van der Waals surface area contributed by atoms with Gasteiger partial charge in [0.15, 0.2) is 5.75 Å². The zero-order chi connectivity index (χ0) is 6.78. The minimum atomic E-state index is -4.32. The molecule has 0 aromatic carbocycles. The maximum Gasteiger partial charge on any atom is 0.321 e. The van der Waals surface area contributed by atoms with Crippen LogP contribution in [0.2, 0.25) is 0 Å². The first kappa shape index (κ1) is 43.0. The molecule has 0 aliphatic rings. The van der Waals surface area contributed by atoms with Gasteiger partial charge in [-0.3, -0.25) is 9.35 Å². The van der Waals surface area contributed by atoms with Gasteiger partial charge in [0.2, 0.25) is 0 Å². The standard InChI is InChI=1S/C2H4O5S.6Mg/c3-2(4)1-8(5,6)7;;;;;;/h1H2,(H,3,4)(H,5,6,7);;;;;;. The van der Waals surface area contributed by atoms with E-state index in [9.17, 15) is 13.2 Å². The highest BCUT2D eigenvalue weighted by molar-refractivity contribution is 7.86. The van der Waals surface area contributed by atoms with Crippen LogP contribution in [-0.4, -0.2) is 168 Å². The Morgan fingerprint density at radius 2 is 1.14 bits per heavy atom. The molecule has 2 N–H and O–H groups in total. The fraction of sp³-hybridized carbons (Fsp3) is 0.500. The van der Waals surface area contributed by atoms with Crippen molar-refractivity contribution < 1.29 is 22.9 Å². The van der Waals surface area contributed by atoms with Crippen LogP contribution in [0.3, 0.4) is 0 Å².